The van der Waals surface area contributed by atoms with Gasteiger partial charge >= 0.3 is 5.97 Å². The lowest BCUT2D eigenvalue weighted by atomic mass is 9.61. The van der Waals surface area contributed by atoms with Crippen molar-refractivity contribution in [1.29, 1.82) is 0 Å². The monoisotopic (exact) mass is 292 g/mol. The zero-order valence-corrected chi connectivity index (χ0v) is 13.1. The van der Waals surface area contributed by atoms with E-state index in [1.54, 1.807) is 26.0 Å². The topological polar surface area (TPSA) is 74.6 Å². The molecular weight excluding hydrogens is 268 g/mol. The van der Waals surface area contributed by atoms with Crippen LogP contribution in [0.3, 0.4) is 0 Å². The van der Waals surface area contributed by atoms with E-state index in [1.807, 2.05) is 13.8 Å². The van der Waals surface area contributed by atoms with Crippen molar-refractivity contribution in [2.45, 2.75) is 52.6 Å². The van der Waals surface area contributed by atoms with Crippen molar-refractivity contribution in [1.82, 2.24) is 0 Å². The maximum absolute atomic E-state index is 11.8. The maximum atomic E-state index is 11.8. The average molecular weight is 292 g/mol. The molecule has 2 N–H and O–H groups in total. The Balaban J connectivity index is 3.24. The zero-order valence-electron chi connectivity index (χ0n) is 13.1. The van der Waals surface area contributed by atoms with Crippen LogP contribution in [0.15, 0.2) is 35.5 Å². The van der Waals surface area contributed by atoms with Gasteiger partial charge in [0.25, 0.3) is 0 Å². The van der Waals surface area contributed by atoms with Crippen molar-refractivity contribution in [2.24, 2.45) is 5.41 Å². The van der Waals surface area contributed by atoms with E-state index in [9.17, 15) is 14.7 Å². The first kappa shape index (κ1) is 17.4. The molecule has 0 amide bonds. The zero-order chi connectivity index (χ0) is 16.3. The number of carboxylic acids is 1. The third-order valence-electron chi connectivity index (χ3n) is 4.20. The summed E-state index contributed by atoms with van der Waals surface area (Å²) < 4.78 is 0. The van der Waals surface area contributed by atoms with Gasteiger partial charge in [-0.25, -0.2) is 4.79 Å². The molecule has 0 radical (unpaired) electrons. The van der Waals surface area contributed by atoms with Crippen molar-refractivity contribution >= 4 is 11.8 Å². The lowest BCUT2D eigenvalue weighted by Crippen LogP contribution is -2.49. The van der Waals surface area contributed by atoms with Crippen LogP contribution in [0.2, 0.25) is 0 Å². The third kappa shape index (κ3) is 3.70. The van der Waals surface area contributed by atoms with Gasteiger partial charge in [-0.3, -0.25) is 4.79 Å². The number of carboxylic acid groups (broad SMARTS) is 1. The van der Waals surface area contributed by atoms with Crippen LogP contribution in [-0.4, -0.2) is 27.6 Å². The molecule has 0 bridgehead atoms. The van der Waals surface area contributed by atoms with E-state index >= 15 is 0 Å². The fourth-order valence-corrected chi connectivity index (χ4v) is 3.06. The summed E-state index contributed by atoms with van der Waals surface area (Å²) in [6.07, 6.45) is 7.66. The molecule has 0 spiro atoms. The number of aliphatic carboxylic acids is 1. The molecule has 0 saturated carbocycles. The Kier molecular flexibility index (Phi) is 5.29. The van der Waals surface area contributed by atoms with E-state index in [1.165, 1.54) is 6.08 Å². The minimum atomic E-state index is -1.23. The van der Waals surface area contributed by atoms with Gasteiger partial charge in [0, 0.05) is 17.9 Å². The number of hydrogen-bond donors (Lipinski definition) is 2. The van der Waals surface area contributed by atoms with Crippen LogP contribution in [0.25, 0.3) is 0 Å². The number of rotatable bonds is 5. The normalized spacial score (nSPS) is 30.6. The Bertz CT molecular complexity index is 527. The van der Waals surface area contributed by atoms with E-state index in [0.29, 0.717) is 24.0 Å². The van der Waals surface area contributed by atoms with Crippen LogP contribution in [0.5, 0.6) is 0 Å². The molecule has 4 heteroatoms. The van der Waals surface area contributed by atoms with Crippen LogP contribution in [0, 0.1) is 5.41 Å². The van der Waals surface area contributed by atoms with Crippen molar-refractivity contribution in [2.75, 3.05) is 0 Å². The van der Waals surface area contributed by atoms with Crippen molar-refractivity contribution < 1.29 is 19.8 Å². The molecule has 0 fully saturated rings. The summed E-state index contributed by atoms with van der Waals surface area (Å²) >= 11 is 0. The molecule has 0 saturated heterocycles. The summed E-state index contributed by atoms with van der Waals surface area (Å²) in [5, 5.41) is 19.8. The Labute approximate surface area is 125 Å². The highest BCUT2D eigenvalue weighted by Crippen LogP contribution is 2.47. The van der Waals surface area contributed by atoms with E-state index < -0.39 is 17.0 Å². The number of ketones is 1. The average Bonchev–Trinajstić information content (AvgIpc) is 2.33. The lowest BCUT2D eigenvalue weighted by molar-refractivity contribution is -0.131. The summed E-state index contributed by atoms with van der Waals surface area (Å²) in [4.78, 5) is 22.5. The molecule has 116 valence electrons. The largest absolute Gasteiger partial charge is 0.478 e. The first-order chi connectivity index (χ1) is 9.64. The minimum Gasteiger partial charge on any atom is -0.478 e. The fourth-order valence-electron chi connectivity index (χ4n) is 3.06. The highest BCUT2D eigenvalue weighted by molar-refractivity contribution is 5.93. The van der Waals surface area contributed by atoms with Gasteiger partial charge < -0.3 is 10.2 Å². The highest BCUT2D eigenvalue weighted by Gasteiger charge is 2.49. The molecule has 0 aromatic carbocycles. The van der Waals surface area contributed by atoms with Gasteiger partial charge in [-0.05, 0) is 43.6 Å². The second-order valence-electron chi connectivity index (χ2n) is 6.11. The van der Waals surface area contributed by atoms with Crippen molar-refractivity contribution in [3.63, 3.8) is 0 Å². The number of carbonyl (C=O) groups excluding carboxylic acids is 1. The molecule has 0 aliphatic heterocycles. The predicted molar refractivity (Wildman–Crippen MR) is 81.9 cm³/mol. The molecule has 21 heavy (non-hydrogen) atoms. The van der Waals surface area contributed by atoms with Gasteiger partial charge in [0.05, 0.1) is 0 Å². The Morgan fingerprint density at radius 2 is 2.10 bits per heavy atom. The van der Waals surface area contributed by atoms with Crippen LogP contribution in [0.4, 0.5) is 0 Å². The fraction of sp³-hybridized carbons (Fsp3) is 0.529. The van der Waals surface area contributed by atoms with Crippen molar-refractivity contribution in [3.05, 3.63) is 35.5 Å². The molecule has 0 unspecified atom stereocenters. The molecule has 1 aliphatic rings. The van der Waals surface area contributed by atoms with Gasteiger partial charge in [-0.15, -0.1) is 0 Å². The molecule has 1 rings (SSSR count). The Morgan fingerprint density at radius 3 is 2.62 bits per heavy atom. The van der Waals surface area contributed by atoms with E-state index in [-0.39, 0.29) is 5.78 Å². The Hall–Kier alpha value is -1.68. The van der Waals surface area contributed by atoms with Gasteiger partial charge in [-0.2, -0.15) is 0 Å². The maximum Gasteiger partial charge on any atom is 0.328 e. The van der Waals surface area contributed by atoms with Gasteiger partial charge in [-0.1, -0.05) is 26.3 Å². The molecular formula is C17H24O4. The van der Waals surface area contributed by atoms with Crippen LogP contribution in [0.1, 0.15) is 47.0 Å². The molecule has 0 heterocycles. The second kappa shape index (κ2) is 6.39. The van der Waals surface area contributed by atoms with E-state index in [0.717, 1.165) is 12.5 Å². The third-order valence-corrected chi connectivity index (χ3v) is 4.20. The van der Waals surface area contributed by atoms with E-state index in [2.05, 4.69) is 0 Å². The van der Waals surface area contributed by atoms with Crippen molar-refractivity contribution in [3.8, 4) is 0 Å². The highest BCUT2D eigenvalue weighted by atomic mass is 16.4. The first-order valence-electron chi connectivity index (χ1n) is 7.19. The molecule has 2 atom stereocenters. The quantitative estimate of drug-likeness (QED) is 0.603. The molecule has 0 aromatic rings. The number of aliphatic hydroxyl groups is 1. The number of allylic oxidation sites excluding steroid dienone is 3. The lowest BCUT2D eigenvalue weighted by Gasteiger charge is -2.46. The predicted octanol–water partition coefficient (Wildman–Crippen LogP) is 3.03. The summed E-state index contributed by atoms with van der Waals surface area (Å²) in [5.41, 5.74) is -0.657. The minimum absolute atomic E-state index is 0.0272. The second-order valence-corrected chi connectivity index (χ2v) is 6.11. The van der Waals surface area contributed by atoms with Gasteiger partial charge in [0.2, 0.25) is 0 Å². The van der Waals surface area contributed by atoms with Crippen LogP contribution < -0.4 is 0 Å². The molecule has 4 nitrogen and oxygen atoms in total. The number of hydrogen-bond acceptors (Lipinski definition) is 3. The Morgan fingerprint density at radius 1 is 1.48 bits per heavy atom. The smallest absolute Gasteiger partial charge is 0.328 e. The van der Waals surface area contributed by atoms with Crippen LogP contribution in [-0.2, 0) is 9.59 Å². The molecule has 0 aromatic heterocycles. The first-order valence-corrected chi connectivity index (χ1v) is 7.19. The summed E-state index contributed by atoms with van der Waals surface area (Å²) in [5.74, 6) is -0.995. The SMILES string of the molecule is CCC[C@]1(C)CC(=O)C=C(C)[C@@]1(O)/C=C/C(C)=C\C(=O)O. The van der Waals surface area contributed by atoms with Gasteiger partial charge in [0.15, 0.2) is 5.78 Å². The van der Waals surface area contributed by atoms with Gasteiger partial charge in [0.1, 0.15) is 5.60 Å². The van der Waals surface area contributed by atoms with Crippen LogP contribution >= 0.6 is 0 Å². The number of carbonyl (C=O) groups is 2. The molecule has 1 aliphatic carbocycles. The summed E-state index contributed by atoms with van der Waals surface area (Å²) in [6.45, 7) is 7.33. The standard InChI is InChI=1S/C17H24O4/c1-5-7-16(4)11-14(18)10-13(3)17(16,21)8-6-12(2)9-15(19)20/h6,8-10,21H,5,7,11H2,1-4H3,(H,19,20)/b8-6+,12-9-/t16-,17+/m1/s1. The summed E-state index contributed by atoms with van der Waals surface area (Å²) in [7, 11) is 0. The van der Waals surface area contributed by atoms with E-state index in [4.69, 9.17) is 5.11 Å². The summed E-state index contributed by atoms with van der Waals surface area (Å²) in [6, 6.07) is 0.